The second-order valence-electron chi connectivity index (χ2n) is 5.21. The quantitative estimate of drug-likeness (QED) is 0.869. The SMILES string of the molecule is CCC(N)(CC)CNC(=O)C1Cc2ccccc2S1. The molecule has 0 fully saturated rings. The maximum atomic E-state index is 12.2. The normalized spacial score (nSPS) is 18.2. The van der Waals surface area contributed by atoms with Gasteiger partial charge in [-0.25, -0.2) is 0 Å². The molecule has 1 aliphatic rings. The zero-order chi connectivity index (χ0) is 13.9. The molecule has 3 N–H and O–H groups in total. The molecule has 1 aromatic carbocycles. The van der Waals surface area contributed by atoms with Crippen LogP contribution in [0.1, 0.15) is 32.3 Å². The third kappa shape index (κ3) is 3.31. The third-order valence-corrected chi connectivity index (χ3v) is 5.28. The van der Waals surface area contributed by atoms with Gasteiger partial charge in [0.15, 0.2) is 0 Å². The average Bonchev–Trinajstić information content (AvgIpc) is 2.88. The number of carbonyl (C=O) groups excluding carboxylic acids is 1. The molecule has 0 saturated heterocycles. The molecule has 0 aromatic heterocycles. The van der Waals surface area contributed by atoms with Gasteiger partial charge >= 0.3 is 0 Å². The van der Waals surface area contributed by atoms with Crippen molar-refractivity contribution in [2.45, 2.75) is 48.8 Å². The van der Waals surface area contributed by atoms with Gasteiger partial charge in [-0.3, -0.25) is 4.79 Å². The van der Waals surface area contributed by atoms with Crippen molar-refractivity contribution in [3.05, 3.63) is 29.8 Å². The Kier molecular flexibility index (Phi) is 4.53. The molecule has 1 atom stereocenters. The Balaban J connectivity index is 1.90. The zero-order valence-corrected chi connectivity index (χ0v) is 12.4. The highest BCUT2D eigenvalue weighted by atomic mass is 32.2. The van der Waals surface area contributed by atoms with Gasteiger partial charge in [-0.2, -0.15) is 0 Å². The van der Waals surface area contributed by atoms with Crippen LogP contribution in [0.2, 0.25) is 0 Å². The largest absolute Gasteiger partial charge is 0.353 e. The summed E-state index contributed by atoms with van der Waals surface area (Å²) in [5, 5.41) is 3.01. The molecule has 19 heavy (non-hydrogen) atoms. The number of hydrogen-bond acceptors (Lipinski definition) is 3. The summed E-state index contributed by atoms with van der Waals surface area (Å²) >= 11 is 1.66. The molecule has 1 amide bonds. The van der Waals surface area contributed by atoms with E-state index in [9.17, 15) is 4.79 Å². The lowest BCUT2D eigenvalue weighted by atomic mass is 9.94. The van der Waals surface area contributed by atoms with Gasteiger partial charge in [0.05, 0.1) is 5.25 Å². The smallest absolute Gasteiger partial charge is 0.233 e. The fraction of sp³-hybridized carbons (Fsp3) is 0.533. The summed E-state index contributed by atoms with van der Waals surface area (Å²) in [6.45, 7) is 4.69. The van der Waals surface area contributed by atoms with Crippen LogP contribution in [-0.4, -0.2) is 23.2 Å². The molecule has 1 aliphatic heterocycles. The van der Waals surface area contributed by atoms with Gasteiger partial charge in [0.2, 0.25) is 5.91 Å². The molecular formula is C15H22N2OS. The second-order valence-corrected chi connectivity index (χ2v) is 6.45. The van der Waals surface area contributed by atoms with Crippen LogP contribution in [0, 0.1) is 0 Å². The minimum atomic E-state index is -0.272. The van der Waals surface area contributed by atoms with Crippen molar-refractivity contribution in [2.24, 2.45) is 5.73 Å². The summed E-state index contributed by atoms with van der Waals surface area (Å²) in [6, 6.07) is 8.23. The van der Waals surface area contributed by atoms with E-state index in [1.807, 2.05) is 12.1 Å². The van der Waals surface area contributed by atoms with E-state index in [1.165, 1.54) is 10.5 Å². The van der Waals surface area contributed by atoms with E-state index in [4.69, 9.17) is 5.73 Å². The van der Waals surface area contributed by atoms with Gasteiger partial charge in [-0.1, -0.05) is 32.0 Å². The van der Waals surface area contributed by atoms with Crippen LogP contribution in [0.4, 0.5) is 0 Å². The Morgan fingerprint density at radius 2 is 2.11 bits per heavy atom. The zero-order valence-electron chi connectivity index (χ0n) is 11.6. The van der Waals surface area contributed by atoms with Gasteiger partial charge < -0.3 is 11.1 Å². The second kappa shape index (κ2) is 5.97. The van der Waals surface area contributed by atoms with E-state index >= 15 is 0 Å². The van der Waals surface area contributed by atoms with Crippen LogP contribution < -0.4 is 11.1 Å². The van der Waals surface area contributed by atoms with Crippen molar-refractivity contribution in [2.75, 3.05) is 6.54 Å². The highest BCUT2D eigenvalue weighted by Crippen LogP contribution is 2.36. The van der Waals surface area contributed by atoms with E-state index in [0.717, 1.165) is 19.3 Å². The van der Waals surface area contributed by atoms with Gasteiger partial charge in [0.25, 0.3) is 0 Å². The third-order valence-electron chi connectivity index (χ3n) is 3.96. The molecule has 0 radical (unpaired) electrons. The van der Waals surface area contributed by atoms with Crippen molar-refractivity contribution in [1.82, 2.24) is 5.32 Å². The van der Waals surface area contributed by atoms with Crippen LogP contribution in [0.5, 0.6) is 0 Å². The van der Waals surface area contributed by atoms with Crippen LogP contribution in [0.15, 0.2) is 29.2 Å². The lowest BCUT2D eigenvalue weighted by Crippen LogP contribution is -2.50. The lowest BCUT2D eigenvalue weighted by molar-refractivity contribution is -0.120. The molecule has 0 spiro atoms. The Hall–Kier alpha value is -1.00. The maximum absolute atomic E-state index is 12.2. The highest BCUT2D eigenvalue weighted by Gasteiger charge is 2.29. The summed E-state index contributed by atoms with van der Waals surface area (Å²) in [6.07, 6.45) is 2.58. The molecule has 2 rings (SSSR count). The molecule has 0 aliphatic carbocycles. The van der Waals surface area contributed by atoms with Crippen molar-refractivity contribution in [1.29, 1.82) is 0 Å². The highest BCUT2D eigenvalue weighted by molar-refractivity contribution is 8.01. The van der Waals surface area contributed by atoms with E-state index in [0.29, 0.717) is 6.54 Å². The number of carbonyl (C=O) groups is 1. The van der Waals surface area contributed by atoms with Crippen LogP contribution in [-0.2, 0) is 11.2 Å². The predicted octanol–water partition coefficient (Wildman–Crippen LogP) is 2.34. The summed E-state index contributed by atoms with van der Waals surface area (Å²) in [5.41, 5.74) is 7.21. The molecule has 3 nitrogen and oxygen atoms in total. The Morgan fingerprint density at radius 1 is 1.42 bits per heavy atom. The number of hydrogen-bond donors (Lipinski definition) is 2. The number of rotatable bonds is 5. The van der Waals surface area contributed by atoms with Crippen LogP contribution >= 0.6 is 11.8 Å². The standard InChI is InChI=1S/C15H22N2OS/c1-3-15(16,4-2)10-17-14(18)13-9-11-7-5-6-8-12(11)19-13/h5-8,13H,3-4,9-10,16H2,1-2H3,(H,17,18). The molecule has 104 valence electrons. The van der Waals surface area contributed by atoms with E-state index in [-0.39, 0.29) is 16.7 Å². The lowest BCUT2D eigenvalue weighted by Gasteiger charge is -2.27. The summed E-state index contributed by atoms with van der Waals surface area (Å²) in [4.78, 5) is 13.4. The van der Waals surface area contributed by atoms with Crippen molar-refractivity contribution >= 4 is 17.7 Å². The van der Waals surface area contributed by atoms with E-state index < -0.39 is 0 Å². The van der Waals surface area contributed by atoms with Crippen molar-refractivity contribution < 1.29 is 4.79 Å². The Bertz CT molecular complexity index is 432. The summed E-state index contributed by atoms with van der Waals surface area (Å²) in [7, 11) is 0. The van der Waals surface area contributed by atoms with Crippen LogP contribution in [0.3, 0.4) is 0 Å². The number of nitrogens with one attached hydrogen (secondary N) is 1. The first kappa shape index (κ1) is 14.4. The molecule has 0 saturated carbocycles. The van der Waals surface area contributed by atoms with Crippen LogP contribution in [0.25, 0.3) is 0 Å². The molecule has 0 bridgehead atoms. The first-order valence-corrected chi connectivity index (χ1v) is 7.77. The number of nitrogens with two attached hydrogens (primary N) is 1. The van der Waals surface area contributed by atoms with Crippen molar-refractivity contribution in [3.63, 3.8) is 0 Å². The first-order chi connectivity index (χ1) is 9.08. The number of benzene rings is 1. The maximum Gasteiger partial charge on any atom is 0.233 e. The number of thioether (sulfide) groups is 1. The average molecular weight is 278 g/mol. The fourth-order valence-corrected chi connectivity index (χ4v) is 3.42. The van der Waals surface area contributed by atoms with Gasteiger partial charge in [0, 0.05) is 17.0 Å². The minimum absolute atomic E-state index is 0.00429. The Morgan fingerprint density at radius 3 is 2.74 bits per heavy atom. The Labute approximate surface area is 119 Å². The topological polar surface area (TPSA) is 55.1 Å². The molecule has 1 unspecified atom stereocenters. The summed E-state index contributed by atoms with van der Waals surface area (Å²) < 4.78 is 0. The number of fused-ring (bicyclic) bond motifs is 1. The van der Waals surface area contributed by atoms with Gasteiger partial charge in [-0.05, 0) is 30.9 Å². The molecule has 4 heteroatoms. The van der Waals surface area contributed by atoms with Gasteiger partial charge in [0.1, 0.15) is 0 Å². The fourth-order valence-electron chi connectivity index (χ4n) is 2.21. The van der Waals surface area contributed by atoms with E-state index in [1.54, 1.807) is 11.8 Å². The van der Waals surface area contributed by atoms with Gasteiger partial charge in [-0.15, -0.1) is 11.8 Å². The minimum Gasteiger partial charge on any atom is -0.353 e. The molecule has 1 aromatic rings. The van der Waals surface area contributed by atoms with Crippen molar-refractivity contribution in [3.8, 4) is 0 Å². The summed E-state index contributed by atoms with van der Waals surface area (Å²) in [5.74, 6) is 0.109. The monoisotopic (exact) mass is 278 g/mol. The van der Waals surface area contributed by atoms with E-state index in [2.05, 4.69) is 31.3 Å². The predicted molar refractivity (Wildman–Crippen MR) is 80.3 cm³/mol. The molecular weight excluding hydrogens is 256 g/mol. The molecule has 1 heterocycles. The first-order valence-electron chi connectivity index (χ1n) is 6.89. The number of amides is 1.